The Morgan fingerprint density at radius 1 is 0.970 bits per heavy atom. The summed E-state index contributed by atoms with van der Waals surface area (Å²) in [5, 5.41) is 14.0. The van der Waals surface area contributed by atoms with Crippen molar-refractivity contribution in [1.29, 1.82) is 0 Å². The molecule has 0 aromatic carbocycles. The van der Waals surface area contributed by atoms with E-state index in [1.807, 2.05) is 41.2 Å². The minimum Gasteiger partial charge on any atom is -0.330 e. The molecule has 0 N–H and O–H groups in total. The molecule has 5 heterocycles. The SMILES string of the molecule is O=C(CCCCn1nc2c(-c3cccs3)cnc(-c3cccs3)c2n1)ON1C(=O)CCC1=O. The van der Waals surface area contributed by atoms with Crippen LogP contribution in [0.5, 0.6) is 0 Å². The molecular formula is C22H19N5O4S2. The lowest BCUT2D eigenvalue weighted by Gasteiger charge is -2.12. The number of carbonyl (C=O) groups excluding carboxylic acids is 3. The van der Waals surface area contributed by atoms with E-state index < -0.39 is 17.8 Å². The molecule has 9 nitrogen and oxygen atoms in total. The number of hydroxylamine groups is 2. The zero-order valence-electron chi connectivity index (χ0n) is 17.5. The number of aryl methyl sites for hydroxylation is 1. The number of imide groups is 1. The monoisotopic (exact) mass is 481 g/mol. The Kier molecular flexibility index (Phi) is 5.97. The summed E-state index contributed by atoms with van der Waals surface area (Å²) in [7, 11) is 0. The fourth-order valence-corrected chi connectivity index (χ4v) is 5.03. The van der Waals surface area contributed by atoms with E-state index in [2.05, 4.69) is 4.98 Å². The molecule has 0 aliphatic carbocycles. The second-order valence-electron chi connectivity index (χ2n) is 7.47. The van der Waals surface area contributed by atoms with Crippen molar-refractivity contribution in [3.63, 3.8) is 0 Å². The van der Waals surface area contributed by atoms with Crippen molar-refractivity contribution < 1.29 is 19.2 Å². The first-order valence-electron chi connectivity index (χ1n) is 10.5. The van der Waals surface area contributed by atoms with Gasteiger partial charge in [-0.3, -0.25) is 14.6 Å². The highest BCUT2D eigenvalue weighted by Gasteiger charge is 2.32. The molecular weight excluding hydrogens is 462 g/mol. The van der Waals surface area contributed by atoms with E-state index in [0.29, 0.717) is 24.4 Å². The molecule has 168 valence electrons. The van der Waals surface area contributed by atoms with Gasteiger partial charge in [0.1, 0.15) is 16.7 Å². The highest BCUT2D eigenvalue weighted by Crippen LogP contribution is 2.35. The van der Waals surface area contributed by atoms with E-state index in [-0.39, 0.29) is 19.3 Å². The summed E-state index contributed by atoms with van der Waals surface area (Å²) in [4.78, 5) is 48.4. The van der Waals surface area contributed by atoms with Crippen LogP contribution in [0.4, 0.5) is 0 Å². The number of hydrogen-bond acceptors (Lipinski definition) is 9. The minimum atomic E-state index is -0.596. The molecule has 5 rings (SSSR count). The summed E-state index contributed by atoms with van der Waals surface area (Å²) < 4.78 is 0. The first-order valence-corrected chi connectivity index (χ1v) is 12.2. The molecule has 0 radical (unpaired) electrons. The lowest BCUT2D eigenvalue weighted by molar-refractivity contribution is -0.197. The fraction of sp³-hybridized carbons (Fsp3) is 0.273. The Bertz CT molecular complexity index is 1230. The fourth-order valence-electron chi connectivity index (χ4n) is 3.57. The quantitative estimate of drug-likeness (QED) is 0.276. The maximum atomic E-state index is 12.0. The average Bonchev–Trinajstić information content (AvgIpc) is 3.61. The van der Waals surface area contributed by atoms with E-state index in [1.54, 1.807) is 27.5 Å². The van der Waals surface area contributed by atoms with Gasteiger partial charge in [0.25, 0.3) is 11.8 Å². The Morgan fingerprint density at radius 3 is 2.36 bits per heavy atom. The number of thiophene rings is 2. The molecule has 0 saturated carbocycles. The summed E-state index contributed by atoms with van der Waals surface area (Å²) in [6.45, 7) is 0.511. The van der Waals surface area contributed by atoms with E-state index in [4.69, 9.17) is 15.0 Å². The maximum Gasteiger partial charge on any atom is 0.333 e. The minimum absolute atomic E-state index is 0.0837. The van der Waals surface area contributed by atoms with Crippen LogP contribution in [0.2, 0.25) is 0 Å². The van der Waals surface area contributed by atoms with Crippen LogP contribution in [0.3, 0.4) is 0 Å². The molecule has 1 aliphatic rings. The molecule has 11 heteroatoms. The smallest absolute Gasteiger partial charge is 0.330 e. The van der Waals surface area contributed by atoms with Gasteiger partial charge >= 0.3 is 5.97 Å². The van der Waals surface area contributed by atoms with Crippen molar-refractivity contribution in [2.24, 2.45) is 0 Å². The average molecular weight is 482 g/mol. The molecule has 1 fully saturated rings. The first kappa shape index (κ1) is 21.4. The normalized spacial score (nSPS) is 13.9. The van der Waals surface area contributed by atoms with E-state index in [9.17, 15) is 14.4 Å². The van der Waals surface area contributed by atoms with Gasteiger partial charge in [0.2, 0.25) is 0 Å². The summed E-state index contributed by atoms with van der Waals surface area (Å²) in [6.07, 6.45) is 3.26. The second-order valence-corrected chi connectivity index (χ2v) is 9.37. The van der Waals surface area contributed by atoms with Gasteiger partial charge in [-0.05, 0) is 35.7 Å². The molecule has 4 aromatic rings. The van der Waals surface area contributed by atoms with Crippen LogP contribution < -0.4 is 0 Å². The maximum absolute atomic E-state index is 12.0. The van der Waals surface area contributed by atoms with Crippen LogP contribution in [0, 0.1) is 0 Å². The molecule has 2 amide bonds. The molecule has 33 heavy (non-hydrogen) atoms. The Balaban J connectivity index is 1.28. The zero-order valence-corrected chi connectivity index (χ0v) is 19.1. The number of pyridine rings is 1. The van der Waals surface area contributed by atoms with Gasteiger partial charge < -0.3 is 4.84 Å². The van der Waals surface area contributed by atoms with Crippen molar-refractivity contribution in [1.82, 2.24) is 25.0 Å². The summed E-state index contributed by atoms with van der Waals surface area (Å²) in [6, 6.07) is 8.02. The Morgan fingerprint density at radius 2 is 1.67 bits per heavy atom. The van der Waals surface area contributed by atoms with Gasteiger partial charge in [-0.2, -0.15) is 15.0 Å². The predicted octanol–water partition coefficient (Wildman–Crippen LogP) is 4.06. The molecule has 0 unspecified atom stereocenters. The number of rotatable bonds is 8. The summed E-state index contributed by atoms with van der Waals surface area (Å²) in [5.74, 6) is -1.55. The van der Waals surface area contributed by atoms with Gasteiger partial charge in [-0.1, -0.05) is 12.1 Å². The third-order valence-electron chi connectivity index (χ3n) is 5.19. The largest absolute Gasteiger partial charge is 0.333 e. The third-order valence-corrected chi connectivity index (χ3v) is 6.97. The van der Waals surface area contributed by atoms with Gasteiger partial charge in [0.05, 0.1) is 11.4 Å². The molecule has 0 spiro atoms. The predicted molar refractivity (Wildman–Crippen MR) is 123 cm³/mol. The van der Waals surface area contributed by atoms with E-state index in [1.165, 1.54) is 0 Å². The van der Waals surface area contributed by atoms with Crippen molar-refractivity contribution >= 4 is 51.5 Å². The highest BCUT2D eigenvalue weighted by atomic mass is 32.1. The third kappa shape index (κ3) is 4.41. The number of fused-ring (bicyclic) bond motifs is 1. The molecule has 0 atom stereocenters. The van der Waals surface area contributed by atoms with Gasteiger partial charge in [0.15, 0.2) is 0 Å². The van der Waals surface area contributed by atoms with E-state index in [0.717, 1.165) is 32.0 Å². The number of amides is 2. The van der Waals surface area contributed by atoms with Crippen molar-refractivity contribution in [2.75, 3.05) is 0 Å². The summed E-state index contributed by atoms with van der Waals surface area (Å²) >= 11 is 3.22. The number of unbranched alkanes of at least 4 members (excludes halogenated alkanes) is 1. The first-order chi connectivity index (χ1) is 16.1. The van der Waals surface area contributed by atoms with Crippen LogP contribution in [-0.4, -0.2) is 42.8 Å². The number of hydrogen-bond donors (Lipinski definition) is 0. The lowest BCUT2D eigenvalue weighted by atomic mass is 10.1. The topological polar surface area (TPSA) is 107 Å². The van der Waals surface area contributed by atoms with E-state index >= 15 is 0 Å². The lowest BCUT2D eigenvalue weighted by Crippen LogP contribution is -2.31. The highest BCUT2D eigenvalue weighted by molar-refractivity contribution is 7.14. The van der Waals surface area contributed by atoms with Crippen molar-refractivity contribution in [2.45, 2.75) is 38.6 Å². The zero-order chi connectivity index (χ0) is 22.8. The number of nitrogens with zero attached hydrogens (tertiary/aromatic N) is 5. The van der Waals surface area contributed by atoms with Crippen LogP contribution in [0.15, 0.2) is 41.2 Å². The van der Waals surface area contributed by atoms with Gasteiger partial charge in [-0.25, -0.2) is 4.79 Å². The molecule has 1 aliphatic heterocycles. The van der Waals surface area contributed by atoms with Crippen molar-refractivity contribution in [3.05, 3.63) is 41.2 Å². The number of aromatic nitrogens is 4. The van der Waals surface area contributed by atoms with Gasteiger partial charge in [-0.15, -0.1) is 27.7 Å². The molecule has 0 bridgehead atoms. The standard InChI is InChI=1S/C22H19N5O4S2/c28-17-8-9-18(29)27(17)31-19(30)7-1-2-10-26-24-20-14(15-5-3-11-32-15)13-23-21(22(20)25-26)16-6-4-12-33-16/h3-6,11-13H,1-2,7-10H2. The van der Waals surface area contributed by atoms with Crippen LogP contribution in [-0.2, 0) is 25.8 Å². The van der Waals surface area contributed by atoms with Crippen LogP contribution in [0.25, 0.3) is 32.0 Å². The second kappa shape index (κ2) is 9.20. The Labute approximate surface area is 196 Å². The molecule has 4 aromatic heterocycles. The Hall–Kier alpha value is -3.44. The van der Waals surface area contributed by atoms with Crippen molar-refractivity contribution in [3.8, 4) is 21.0 Å². The van der Waals surface area contributed by atoms with Crippen LogP contribution >= 0.6 is 22.7 Å². The van der Waals surface area contributed by atoms with Crippen LogP contribution in [0.1, 0.15) is 32.1 Å². The number of carbonyl (C=O) groups is 3. The summed E-state index contributed by atoms with van der Waals surface area (Å²) in [5.41, 5.74) is 3.28. The molecule has 1 saturated heterocycles. The van der Waals surface area contributed by atoms with Gasteiger partial charge in [0, 0.05) is 35.9 Å².